The van der Waals surface area contributed by atoms with Crippen LogP contribution in [0.15, 0.2) is 72.9 Å². The van der Waals surface area contributed by atoms with Gasteiger partial charge in [0.25, 0.3) is 0 Å². The molecule has 0 saturated heterocycles. The fourth-order valence-corrected chi connectivity index (χ4v) is 1.91. The minimum atomic E-state index is 0. The molecular formula is C20H21IrN-2. The Bertz CT molecular complexity index is 560. The Hall–Kier alpha value is -1.76. The summed E-state index contributed by atoms with van der Waals surface area (Å²) in [4.78, 5) is 4.49. The summed E-state index contributed by atoms with van der Waals surface area (Å²) in [5.74, 6) is 0. The van der Waals surface area contributed by atoms with Crippen LogP contribution in [0.5, 0.6) is 0 Å². The largest absolute Gasteiger partial charge is 0.358 e. The molecule has 0 N–H and O–H groups in total. The molecule has 1 aromatic heterocycles. The maximum Gasteiger partial charge on any atom is 0.0239 e. The number of nitrogens with zero attached hydrogens (tertiary/aromatic N) is 1. The van der Waals surface area contributed by atoms with E-state index in [9.17, 15) is 0 Å². The van der Waals surface area contributed by atoms with Gasteiger partial charge in [-0.2, -0.15) is 0 Å². The van der Waals surface area contributed by atoms with Crippen LogP contribution in [-0.2, 0) is 20.1 Å². The van der Waals surface area contributed by atoms with Crippen LogP contribution < -0.4 is 0 Å². The smallest absolute Gasteiger partial charge is 0.0239 e. The monoisotopic (exact) mass is 468 g/mol. The molecule has 22 heavy (non-hydrogen) atoms. The molecule has 0 aliphatic rings. The van der Waals surface area contributed by atoms with E-state index in [1.807, 2.05) is 68.6 Å². The maximum atomic E-state index is 4.49. The zero-order valence-corrected chi connectivity index (χ0v) is 15.6. The third-order valence-corrected chi connectivity index (χ3v) is 2.86. The first kappa shape index (κ1) is 20.2. The van der Waals surface area contributed by atoms with Crippen LogP contribution in [0.25, 0.3) is 22.4 Å². The Labute approximate surface area is 147 Å². The van der Waals surface area contributed by atoms with Crippen molar-refractivity contribution >= 4 is 0 Å². The molecule has 0 aliphatic carbocycles. The molecule has 3 aromatic rings. The zero-order valence-electron chi connectivity index (χ0n) is 13.2. The third-order valence-electron chi connectivity index (χ3n) is 2.86. The molecule has 0 amide bonds. The van der Waals surface area contributed by atoms with Gasteiger partial charge in [-0.3, -0.25) is 0 Å². The Morgan fingerprint density at radius 2 is 1.45 bits per heavy atom. The Morgan fingerprint density at radius 1 is 0.773 bits per heavy atom. The van der Waals surface area contributed by atoms with Crippen molar-refractivity contribution < 1.29 is 20.1 Å². The van der Waals surface area contributed by atoms with E-state index >= 15 is 0 Å². The van der Waals surface area contributed by atoms with Crippen molar-refractivity contribution in [3.63, 3.8) is 0 Å². The van der Waals surface area contributed by atoms with Gasteiger partial charge >= 0.3 is 0 Å². The zero-order chi connectivity index (χ0) is 14.2. The first-order chi connectivity index (χ1) is 9.93. The van der Waals surface area contributed by atoms with E-state index in [4.69, 9.17) is 0 Å². The number of hydrogen-bond donors (Lipinski definition) is 0. The summed E-state index contributed by atoms with van der Waals surface area (Å²) in [6.45, 7) is 4.00. The summed E-state index contributed by atoms with van der Waals surface area (Å²) in [6.07, 6.45) is 1.91. The fourth-order valence-electron chi connectivity index (χ4n) is 1.91. The molecule has 3 rings (SSSR count). The van der Waals surface area contributed by atoms with E-state index in [2.05, 4.69) is 29.2 Å². The predicted molar refractivity (Wildman–Crippen MR) is 91.7 cm³/mol. The van der Waals surface area contributed by atoms with Crippen LogP contribution >= 0.6 is 0 Å². The van der Waals surface area contributed by atoms with E-state index in [0.717, 1.165) is 16.8 Å². The van der Waals surface area contributed by atoms with Gasteiger partial charge in [0.15, 0.2) is 0 Å². The van der Waals surface area contributed by atoms with E-state index < -0.39 is 0 Å². The second-order valence-corrected chi connectivity index (χ2v) is 4.07. The SMILES string of the molecule is CC.[CH3-].[Ir].[c-]1ccccc1-c1ccc(-c2ccccc2)cn1. The average Bonchev–Trinajstić information content (AvgIpc) is 2.58. The van der Waals surface area contributed by atoms with Gasteiger partial charge in [-0.1, -0.05) is 56.3 Å². The molecule has 0 atom stereocenters. The third kappa shape index (κ3) is 5.22. The van der Waals surface area contributed by atoms with Crippen LogP contribution in [0.1, 0.15) is 13.8 Å². The van der Waals surface area contributed by atoms with Crippen LogP contribution in [0.4, 0.5) is 0 Å². The van der Waals surface area contributed by atoms with Crippen LogP contribution in [0, 0.1) is 13.5 Å². The van der Waals surface area contributed by atoms with Crippen molar-refractivity contribution in [2.45, 2.75) is 13.8 Å². The summed E-state index contributed by atoms with van der Waals surface area (Å²) in [7, 11) is 0. The number of benzene rings is 2. The van der Waals surface area contributed by atoms with Crippen molar-refractivity contribution in [2.75, 3.05) is 0 Å². The second-order valence-electron chi connectivity index (χ2n) is 4.07. The van der Waals surface area contributed by atoms with E-state index in [-0.39, 0.29) is 27.5 Å². The summed E-state index contributed by atoms with van der Waals surface area (Å²) < 4.78 is 0. The molecule has 1 nitrogen and oxygen atoms in total. The quantitative estimate of drug-likeness (QED) is 0.441. The van der Waals surface area contributed by atoms with Crippen molar-refractivity contribution in [3.8, 4) is 22.4 Å². The van der Waals surface area contributed by atoms with E-state index in [0.29, 0.717) is 0 Å². The van der Waals surface area contributed by atoms with Gasteiger partial charge in [0.2, 0.25) is 0 Å². The molecule has 0 fully saturated rings. The first-order valence-electron chi connectivity index (χ1n) is 6.92. The van der Waals surface area contributed by atoms with Crippen molar-refractivity contribution in [1.82, 2.24) is 4.98 Å². The maximum absolute atomic E-state index is 4.49. The van der Waals surface area contributed by atoms with Crippen molar-refractivity contribution in [3.05, 3.63) is 86.4 Å². The van der Waals surface area contributed by atoms with Crippen molar-refractivity contribution in [1.29, 1.82) is 0 Å². The first-order valence-corrected chi connectivity index (χ1v) is 6.92. The van der Waals surface area contributed by atoms with Gasteiger partial charge < -0.3 is 12.4 Å². The van der Waals surface area contributed by atoms with Crippen LogP contribution in [-0.4, -0.2) is 4.98 Å². The van der Waals surface area contributed by atoms with Gasteiger partial charge in [0.05, 0.1) is 0 Å². The summed E-state index contributed by atoms with van der Waals surface area (Å²) in [5.41, 5.74) is 4.30. The van der Waals surface area contributed by atoms with Gasteiger partial charge in [0.1, 0.15) is 0 Å². The summed E-state index contributed by atoms with van der Waals surface area (Å²) >= 11 is 0. The summed E-state index contributed by atoms with van der Waals surface area (Å²) in [6, 6.07) is 25.5. The number of aromatic nitrogens is 1. The van der Waals surface area contributed by atoms with Gasteiger partial charge in [-0.25, -0.2) is 0 Å². The van der Waals surface area contributed by atoms with Crippen molar-refractivity contribution in [2.24, 2.45) is 0 Å². The Morgan fingerprint density at radius 3 is 2.00 bits per heavy atom. The molecule has 0 saturated carbocycles. The molecule has 0 unspecified atom stereocenters. The Balaban J connectivity index is 0.00000106. The standard InChI is InChI=1S/C17H12N.C2H6.CH3.Ir/c1-3-7-14(8-4-1)16-11-12-17(18-13-16)15-9-5-2-6-10-15;1-2;;/h1-9,11-13H;1-2H3;1H3;/q-1;;-1;. The molecule has 1 radical (unpaired) electrons. The molecule has 2 aromatic carbocycles. The normalized spacial score (nSPS) is 8.64. The van der Waals surface area contributed by atoms with Gasteiger partial charge in [-0.15, -0.1) is 35.9 Å². The molecular weight excluding hydrogens is 446 g/mol. The molecule has 0 spiro atoms. The molecule has 0 aliphatic heterocycles. The Kier molecular flexibility index (Phi) is 10.0. The molecule has 1 heterocycles. The number of hydrogen-bond acceptors (Lipinski definition) is 1. The molecule has 0 bridgehead atoms. The number of pyridine rings is 1. The van der Waals surface area contributed by atoms with E-state index in [1.54, 1.807) is 0 Å². The average molecular weight is 468 g/mol. The second kappa shape index (κ2) is 10.9. The van der Waals surface area contributed by atoms with E-state index in [1.165, 1.54) is 5.56 Å². The van der Waals surface area contributed by atoms with Crippen LogP contribution in [0.2, 0.25) is 0 Å². The van der Waals surface area contributed by atoms with Crippen LogP contribution in [0.3, 0.4) is 0 Å². The minimum absolute atomic E-state index is 0. The predicted octanol–water partition coefficient (Wildman–Crippen LogP) is 5.69. The molecule has 2 heteroatoms. The molecule has 117 valence electrons. The summed E-state index contributed by atoms with van der Waals surface area (Å²) in [5, 5.41) is 0. The van der Waals surface area contributed by atoms with Gasteiger partial charge in [-0.05, 0) is 16.8 Å². The fraction of sp³-hybridized carbons (Fsp3) is 0.100. The van der Waals surface area contributed by atoms with Gasteiger partial charge in [0, 0.05) is 26.3 Å². The topological polar surface area (TPSA) is 12.9 Å². The minimum Gasteiger partial charge on any atom is -0.358 e. The number of rotatable bonds is 2.